The normalized spacial score (nSPS) is 11.4. The van der Waals surface area contributed by atoms with Crippen LogP contribution >= 0.6 is 11.3 Å². The molecule has 2 aromatic heterocycles. The van der Waals surface area contributed by atoms with Crippen molar-refractivity contribution in [1.82, 2.24) is 0 Å². The maximum absolute atomic E-state index is 12.4. The van der Waals surface area contributed by atoms with E-state index >= 15 is 0 Å². The van der Waals surface area contributed by atoms with Crippen molar-refractivity contribution in [3.63, 3.8) is 0 Å². The molecule has 96 valence electrons. The number of fused-ring (bicyclic) bond motifs is 5. The van der Waals surface area contributed by atoms with Crippen molar-refractivity contribution in [3.05, 3.63) is 68.5 Å². The quantitative estimate of drug-likeness (QED) is 0.366. The second-order valence-electron chi connectivity index (χ2n) is 4.52. The Labute approximate surface area is 116 Å². The van der Waals surface area contributed by atoms with E-state index in [9.17, 15) is 9.59 Å². The molecule has 4 aromatic rings. The molecule has 2 heterocycles. The van der Waals surface area contributed by atoms with Crippen molar-refractivity contribution in [2.75, 3.05) is 0 Å². The molecule has 0 amide bonds. The second-order valence-corrected chi connectivity index (χ2v) is 5.54. The van der Waals surface area contributed by atoms with Gasteiger partial charge in [-0.05, 0) is 12.1 Å². The topological polar surface area (TPSA) is 47.3 Å². The van der Waals surface area contributed by atoms with E-state index in [0.717, 1.165) is 21.4 Å². The van der Waals surface area contributed by atoms with Gasteiger partial charge in [-0.25, -0.2) is 4.79 Å². The van der Waals surface area contributed by atoms with Gasteiger partial charge in [-0.1, -0.05) is 47.7 Å². The van der Waals surface area contributed by atoms with E-state index in [1.165, 1.54) is 0 Å². The fourth-order valence-electron chi connectivity index (χ4n) is 2.52. The maximum Gasteiger partial charge on any atom is 0.345 e. The SMILES string of the molecule is O=c1sc2ccccc2c2c(=O)oc3ccccc3c12. The third-order valence-corrected chi connectivity index (χ3v) is 4.34. The molecule has 0 aliphatic rings. The van der Waals surface area contributed by atoms with E-state index < -0.39 is 5.63 Å². The minimum absolute atomic E-state index is 0.109. The van der Waals surface area contributed by atoms with Gasteiger partial charge in [0.1, 0.15) is 5.58 Å². The predicted molar refractivity (Wildman–Crippen MR) is 81.6 cm³/mol. The Bertz CT molecular complexity index is 1000. The van der Waals surface area contributed by atoms with Crippen LogP contribution in [0.3, 0.4) is 0 Å². The van der Waals surface area contributed by atoms with Gasteiger partial charge in [-0.2, -0.15) is 0 Å². The summed E-state index contributed by atoms with van der Waals surface area (Å²) in [4.78, 5) is 24.7. The van der Waals surface area contributed by atoms with Crippen LogP contribution in [0, 0.1) is 0 Å². The molecular formula is C16H8O3S. The Hall–Kier alpha value is -2.46. The van der Waals surface area contributed by atoms with Crippen molar-refractivity contribution in [2.45, 2.75) is 0 Å². The predicted octanol–water partition coefficient (Wildman–Crippen LogP) is 3.52. The van der Waals surface area contributed by atoms with E-state index in [0.29, 0.717) is 21.7 Å². The third kappa shape index (κ3) is 1.45. The van der Waals surface area contributed by atoms with E-state index in [1.807, 2.05) is 36.4 Å². The largest absolute Gasteiger partial charge is 0.422 e. The average molecular weight is 280 g/mol. The van der Waals surface area contributed by atoms with Crippen LogP contribution < -0.4 is 10.4 Å². The maximum atomic E-state index is 12.4. The highest BCUT2D eigenvalue weighted by atomic mass is 32.1. The molecule has 0 N–H and O–H groups in total. The summed E-state index contributed by atoms with van der Waals surface area (Å²) in [7, 11) is 0. The minimum Gasteiger partial charge on any atom is -0.422 e. The van der Waals surface area contributed by atoms with Crippen LogP contribution in [-0.2, 0) is 0 Å². The lowest BCUT2D eigenvalue weighted by Crippen LogP contribution is -2.07. The van der Waals surface area contributed by atoms with E-state index in [4.69, 9.17) is 4.42 Å². The molecule has 0 saturated heterocycles. The number of hydrogen-bond acceptors (Lipinski definition) is 4. The molecule has 0 unspecified atom stereocenters. The number of hydrogen-bond donors (Lipinski definition) is 0. The molecule has 3 nitrogen and oxygen atoms in total. The van der Waals surface area contributed by atoms with Crippen LogP contribution in [0.1, 0.15) is 0 Å². The van der Waals surface area contributed by atoms with Crippen LogP contribution in [0.15, 0.2) is 62.5 Å². The van der Waals surface area contributed by atoms with Gasteiger partial charge in [0.2, 0.25) is 4.74 Å². The van der Waals surface area contributed by atoms with E-state index in [1.54, 1.807) is 12.1 Å². The molecule has 2 aromatic carbocycles. The fraction of sp³-hybridized carbons (Fsp3) is 0. The van der Waals surface area contributed by atoms with Gasteiger partial charge >= 0.3 is 5.63 Å². The fourth-order valence-corrected chi connectivity index (χ4v) is 3.46. The molecule has 0 atom stereocenters. The van der Waals surface area contributed by atoms with E-state index in [-0.39, 0.29) is 4.74 Å². The Balaban J connectivity index is 2.48. The van der Waals surface area contributed by atoms with Crippen molar-refractivity contribution in [1.29, 1.82) is 0 Å². The summed E-state index contributed by atoms with van der Waals surface area (Å²) < 4.78 is 6.04. The highest BCUT2D eigenvalue weighted by Crippen LogP contribution is 2.27. The summed E-state index contributed by atoms with van der Waals surface area (Å²) >= 11 is 1.16. The zero-order valence-corrected chi connectivity index (χ0v) is 11.1. The van der Waals surface area contributed by atoms with Crippen LogP contribution in [0.5, 0.6) is 0 Å². The lowest BCUT2D eigenvalue weighted by molar-refractivity contribution is 0.570. The third-order valence-electron chi connectivity index (χ3n) is 3.38. The molecule has 20 heavy (non-hydrogen) atoms. The lowest BCUT2D eigenvalue weighted by Gasteiger charge is -2.04. The summed E-state index contributed by atoms with van der Waals surface area (Å²) in [6, 6.07) is 14.5. The minimum atomic E-state index is -0.459. The van der Waals surface area contributed by atoms with Crippen molar-refractivity contribution in [3.8, 4) is 0 Å². The highest BCUT2D eigenvalue weighted by molar-refractivity contribution is 7.17. The lowest BCUT2D eigenvalue weighted by atomic mass is 10.1. The number of benzene rings is 2. The Morgan fingerprint density at radius 2 is 1.50 bits per heavy atom. The number of rotatable bonds is 0. The van der Waals surface area contributed by atoms with E-state index in [2.05, 4.69) is 0 Å². The molecule has 0 saturated carbocycles. The molecule has 0 spiro atoms. The highest BCUT2D eigenvalue weighted by Gasteiger charge is 2.14. The van der Waals surface area contributed by atoms with Gasteiger partial charge in [-0.3, -0.25) is 4.79 Å². The van der Waals surface area contributed by atoms with Crippen LogP contribution in [0.4, 0.5) is 0 Å². The first kappa shape index (κ1) is 11.4. The van der Waals surface area contributed by atoms with Gasteiger partial charge in [0, 0.05) is 15.5 Å². The van der Waals surface area contributed by atoms with Crippen LogP contribution in [0.25, 0.3) is 31.8 Å². The van der Waals surface area contributed by atoms with Crippen LogP contribution in [0.2, 0.25) is 0 Å². The average Bonchev–Trinajstić information content (AvgIpc) is 2.47. The Kier molecular flexibility index (Phi) is 2.28. The summed E-state index contributed by atoms with van der Waals surface area (Å²) in [5, 5.41) is 2.30. The molecule has 4 rings (SSSR count). The van der Waals surface area contributed by atoms with Gasteiger partial charge < -0.3 is 4.42 Å². The second kappa shape index (κ2) is 4.02. The molecule has 0 radical (unpaired) electrons. The van der Waals surface area contributed by atoms with Crippen molar-refractivity contribution < 1.29 is 4.42 Å². The molecule has 4 heteroatoms. The monoisotopic (exact) mass is 280 g/mol. The summed E-state index contributed by atoms with van der Waals surface area (Å²) in [6.07, 6.45) is 0. The van der Waals surface area contributed by atoms with Crippen molar-refractivity contribution in [2.24, 2.45) is 0 Å². The molecule has 0 fully saturated rings. The molecule has 0 aliphatic carbocycles. The van der Waals surface area contributed by atoms with Crippen molar-refractivity contribution >= 4 is 43.2 Å². The van der Waals surface area contributed by atoms with Crippen LogP contribution in [-0.4, -0.2) is 0 Å². The van der Waals surface area contributed by atoms with Gasteiger partial charge in [0.25, 0.3) is 0 Å². The first-order valence-corrected chi connectivity index (χ1v) is 6.95. The zero-order valence-electron chi connectivity index (χ0n) is 10.3. The summed E-state index contributed by atoms with van der Waals surface area (Å²) in [5.74, 6) is 0. The zero-order chi connectivity index (χ0) is 13.7. The molecular weight excluding hydrogens is 272 g/mol. The first-order chi connectivity index (χ1) is 9.75. The summed E-state index contributed by atoms with van der Waals surface area (Å²) in [6.45, 7) is 0. The first-order valence-electron chi connectivity index (χ1n) is 6.13. The summed E-state index contributed by atoms with van der Waals surface area (Å²) in [5.41, 5.74) is -0.00983. The smallest absolute Gasteiger partial charge is 0.345 e. The van der Waals surface area contributed by atoms with Gasteiger partial charge in [0.15, 0.2) is 0 Å². The standard InChI is InChI=1S/C16H8O3S/c17-15-13-10-6-2-4-8-12(10)20-16(18)14(13)9-5-1-3-7-11(9)19-15/h1-8H. The molecule has 0 aliphatic heterocycles. The Morgan fingerprint density at radius 3 is 2.35 bits per heavy atom. The van der Waals surface area contributed by atoms with Gasteiger partial charge in [0.05, 0.1) is 10.8 Å². The molecule has 0 bridgehead atoms. The van der Waals surface area contributed by atoms with Gasteiger partial charge in [-0.15, -0.1) is 0 Å². The Morgan fingerprint density at radius 1 is 0.800 bits per heavy atom. The number of para-hydroxylation sites is 1.